The van der Waals surface area contributed by atoms with Crippen LogP contribution in [0.1, 0.15) is 13.8 Å². The summed E-state index contributed by atoms with van der Waals surface area (Å²) in [7, 11) is 0. The molecule has 2 N–H and O–H groups in total. The molecule has 60 valence electrons. The molecule has 1 unspecified atom stereocenters. The summed E-state index contributed by atoms with van der Waals surface area (Å²) in [6.07, 6.45) is 3.17. The van der Waals surface area contributed by atoms with E-state index >= 15 is 0 Å². The van der Waals surface area contributed by atoms with Gasteiger partial charge in [0.15, 0.2) is 5.78 Å². The molecule has 0 radical (unpaired) electrons. The lowest BCUT2D eigenvalue weighted by Crippen LogP contribution is -2.41. The van der Waals surface area contributed by atoms with Crippen LogP contribution in [-0.2, 0) is 4.79 Å². The summed E-state index contributed by atoms with van der Waals surface area (Å²) in [6, 6.07) is 0. The van der Waals surface area contributed by atoms with Gasteiger partial charge in [0.2, 0.25) is 6.54 Å². The molecule has 0 aliphatic carbocycles. The van der Waals surface area contributed by atoms with Crippen LogP contribution in [0.2, 0.25) is 0 Å². The summed E-state index contributed by atoms with van der Waals surface area (Å²) in [5.74, 6) is -0.0984. The van der Waals surface area contributed by atoms with Crippen molar-refractivity contribution in [2.75, 3.05) is 6.54 Å². The molecule has 0 spiro atoms. The standard InChI is InChI=1S/C8H12N2O/c1-7(11)8(2,9)5-4-6-10-3/h4-5H,6,9H2,1-2H3/b5-4-. The first-order chi connectivity index (χ1) is 5.00. The zero-order chi connectivity index (χ0) is 8.91. The van der Waals surface area contributed by atoms with Crippen molar-refractivity contribution in [2.45, 2.75) is 19.4 Å². The van der Waals surface area contributed by atoms with Crippen molar-refractivity contribution in [1.82, 2.24) is 0 Å². The van der Waals surface area contributed by atoms with Crippen LogP contribution < -0.4 is 5.73 Å². The summed E-state index contributed by atoms with van der Waals surface area (Å²) in [4.78, 5) is 13.9. The lowest BCUT2D eigenvalue weighted by Gasteiger charge is -2.14. The third kappa shape index (κ3) is 3.54. The van der Waals surface area contributed by atoms with Crippen molar-refractivity contribution in [3.05, 3.63) is 23.6 Å². The van der Waals surface area contributed by atoms with Gasteiger partial charge in [-0.05, 0) is 19.9 Å². The summed E-state index contributed by atoms with van der Waals surface area (Å²) in [5, 5.41) is 0. The van der Waals surface area contributed by atoms with Crippen LogP contribution in [0.15, 0.2) is 12.2 Å². The number of carbonyl (C=O) groups is 1. The molecule has 0 aliphatic heterocycles. The number of carbonyl (C=O) groups excluding carboxylic acids is 1. The molecule has 11 heavy (non-hydrogen) atoms. The van der Waals surface area contributed by atoms with Gasteiger partial charge < -0.3 is 10.6 Å². The molecule has 0 saturated carbocycles. The quantitative estimate of drug-likeness (QED) is 0.479. The minimum Gasteiger partial charge on any atom is -0.316 e. The Kier molecular flexibility index (Phi) is 3.49. The van der Waals surface area contributed by atoms with Crippen LogP contribution in [0.3, 0.4) is 0 Å². The largest absolute Gasteiger partial charge is 0.316 e. The Hall–Kier alpha value is -1.14. The van der Waals surface area contributed by atoms with Crippen LogP contribution in [0.4, 0.5) is 0 Å². The second-order valence-electron chi connectivity index (χ2n) is 2.58. The Bertz CT molecular complexity index is 211. The Labute approximate surface area is 66.7 Å². The molecule has 3 nitrogen and oxygen atoms in total. The summed E-state index contributed by atoms with van der Waals surface area (Å²) < 4.78 is 0. The van der Waals surface area contributed by atoms with Gasteiger partial charge in [-0.2, -0.15) is 0 Å². The maximum Gasteiger partial charge on any atom is 0.233 e. The van der Waals surface area contributed by atoms with Crippen molar-refractivity contribution in [3.63, 3.8) is 0 Å². The zero-order valence-electron chi connectivity index (χ0n) is 6.79. The minimum absolute atomic E-state index is 0.0984. The number of nitrogens with two attached hydrogens (primary N) is 1. The van der Waals surface area contributed by atoms with Gasteiger partial charge in [0.25, 0.3) is 0 Å². The molecule has 0 rings (SSSR count). The van der Waals surface area contributed by atoms with Crippen molar-refractivity contribution in [3.8, 4) is 0 Å². The number of Topliss-reactive ketones (excluding diaryl/α,β-unsaturated/α-hetero) is 1. The first-order valence-electron chi connectivity index (χ1n) is 3.31. The lowest BCUT2D eigenvalue weighted by molar-refractivity contribution is -0.120. The highest BCUT2D eigenvalue weighted by molar-refractivity contribution is 5.87. The molecule has 1 atom stereocenters. The molecule has 0 aromatic rings. The number of nitrogens with zero attached hydrogens (tertiary/aromatic N) is 1. The molecule has 0 aromatic heterocycles. The Balaban J connectivity index is 4.14. The smallest absolute Gasteiger partial charge is 0.233 e. The Morgan fingerprint density at radius 3 is 2.73 bits per heavy atom. The van der Waals surface area contributed by atoms with E-state index in [-0.39, 0.29) is 12.3 Å². The fourth-order valence-electron chi connectivity index (χ4n) is 0.468. The number of ketones is 1. The molecule has 3 heteroatoms. The van der Waals surface area contributed by atoms with Gasteiger partial charge in [-0.1, -0.05) is 6.08 Å². The topological polar surface area (TPSA) is 47.5 Å². The molecule has 0 bridgehead atoms. The molecular weight excluding hydrogens is 140 g/mol. The van der Waals surface area contributed by atoms with Crippen molar-refractivity contribution >= 4 is 5.78 Å². The number of hydrogen-bond donors (Lipinski definition) is 1. The van der Waals surface area contributed by atoms with Crippen LogP contribution >= 0.6 is 0 Å². The van der Waals surface area contributed by atoms with Gasteiger partial charge in [-0.25, -0.2) is 6.57 Å². The third-order valence-corrected chi connectivity index (χ3v) is 1.42. The van der Waals surface area contributed by atoms with Gasteiger partial charge >= 0.3 is 0 Å². The second kappa shape index (κ2) is 3.89. The van der Waals surface area contributed by atoms with Crippen molar-refractivity contribution in [1.29, 1.82) is 0 Å². The highest BCUT2D eigenvalue weighted by atomic mass is 16.1. The molecule has 0 aliphatic rings. The average Bonchev–Trinajstić information content (AvgIpc) is 1.88. The molecule has 0 heterocycles. The summed E-state index contributed by atoms with van der Waals surface area (Å²) in [6.45, 7) is 9.80. The highest BCUT2D eigenvalue weighted by Gasteiger charge is 2.19. The van der Waals surface area contributed by atoms with E-state index in [0.717, 1.165) is 0 Å². The van der Waals surface area contributed by atoms with Gasteiger partial charge in [-0.3, -0.25) is 4.79 Å². The fraction of sp³-hybridized carbons (Fsp3) is 0.500. The number of rotatable bonds is 3. The SMILES string of the molecule is [C-]#[N+]C/C=C\C(C)(N)C(C)=O. The normalized spacial score (nSPS) is 15.8. The van der Waals surface area contributed by atoms with E-state index in [1.807, 2.05) is 0 Å². The van der Waals surface area contributed by atoms with E-state index < -0.39 is 5.54 Å². The summed E-state index contributed by atoms with van der Waals surface area (Å²) in [5.41, 5.74) is 4.65. The predicted octanol–water partition coefficient (Wildman–Crippen LogP) is 0.768. The van der Waals surface area contributed by atoms with E-state index in [2.05, 4.69) is 4.85 Å². The van der Waals surface area contributed by atoms with Crippen molar-refractivity contribution in [2.24, 2.45) is 5.73 Å². The predicted molar refractivity (Wildman–Crippen MR) is 43.9 cm³/mol. The summed E-state index contributed by atoms with van der Waals surface area (Å²) >= 11 is 0. The maximum absolute atomic E-state index is 10.8. The first kappa shape index (κ1) is 9.86. The monoisotopic (exact) mass is 152 g/mol. The van der Waals surface area contributed by atoms with Gasteiger partial charge in [-0.15, -0.1) is 0 Å². The van der Waals surface area contributed by atoms with E-state index in [1.54, 1.807) is 19.1 Å². The van der Waals surface area contributed by atoms with E-state index in [9.17, 15) is 4.79 Å². The zero-order valence-corrected chi connectivity index (χ0v) is 6.79. The average molecular weight is 152 g/mol. The molecular formula is C8H12N2O. The van der Waals surface area contributed by atoms with Crippen LogP contribution in [0, 0.1) is 6.57 Å². The van der Waals surface area contributed by atoms with Crippen LogP contribution in [0.5, 0.6) is 0 Å². The molecule has 0 aromatic carbocycles. The van der Waals surface area contributed by atoms with Gasteiger partial charge in [0, 0.05) is 0 Å². The number of hydrogen-bond acceptors (Lipinski definition) is 2. The van der Waals surface area contributed by atoms with Crippen molar-refractivity contribution < 1.29 is 4.79 Å². The van der Waals surface area contributed by atoms with Gasteiger partial charge in [0.1, 0.15) is 0 Å². The lowest BCUT2D eigenvalue weighted by atomic mass is 9.99. The second-order valence-corrected chi connectivity index (χ2v) is 2.58. The third-order valence-electron chi connectivity index (χ3n) is 1.42. The molecule has 0 amide bonds. The highest BCUT2D eigenvalue weighted by Crippen LogP contribution is 2.02. The van der Waals surface area contributed by atoms with Crippen LogP contribution in [0.25, 0.3) is 4.85 Å². The van der Waals surface area contributed by atoms with Crippen LogP contribution in [-0.4, -0.2) is 17.9 Å². The first-order valence-corrected chi connectivity index (χ1v) is 3.31. The van der Waals surface area contributed by atoms with E-state index in [4.69, 9.17) is 12.3 Å². The van der Waals surface area contributed by atoms with Gasteiger partial charge in [0.05, 0.1) is 5.54 Å². The Morgan fingerprint density at radius 1 is 1.82 bits per heavy atom. The Morgan fingerprint density at radius 2 is 2.36 bits per heavy atom. The minimum atomic E-state index is -0.912. The molecule has 0 fully saturated rings. The van der Waals surface area contributed by atoms with E-state index in [0.29, 0.717) is 0 Å². The molecule has 0 saturated heterocycles. The van der Waals surface area contributed by atoms with E-state index in [1.165, 1.54) is 6.92 Å². The maximum atomic E-state index is 10.8. The fourth-order valence-corrected chi connectivity index (χ4v) is 0.468.